The Balaban J connectivity index is 1.76. The first-order valence-corrected chi connectivity index (χ1v) is 6.25. The van der Waals surface area contributed by atoms with Gasteiger partial charge in [-0.05, 0) is 32.6 Å². The van der Waals surface area contributed by atoms with E-state index in [1.54, 1.807) is 0 Å². The number of ether oxygens (including phenoxy) is 1. The molecule has 3 atom stereocenters. The molecular formula is C12H23NO2. The molecular weight excluding hydrogens is 190 g/mol. The van der Waals surface area contributed by atoms with Crippen LogP contribution in [0.25, 0.3) is 0 Å². The second-order valence-corrected chi connectivity index (χ2v) is 5.24. The zero-order valence-corrected chi connectivity index (χ0v) is 9.67. The van der Waals surface area contributed by atoms with E-state index in [9.17, 15) is 5.11 Å². The molecule has 3 unspecified atom stereocenters. The maximum Gasteiger partial charge on any atom is 0.0779 e. The second kappa shape index (κ2) is 4.81. The molecule has 15 heavy (non-hydrogen) atoms. The SMILES string of the molecule is CC1(CNC2CCCCC2O)CCCO1. The van der Waals surface area contributed by atoms with E-state index in [1.165, 1.54) is 19.3 Å². The molecule has 0 aromatic rings. The van der Waals surface area contributed by atoms with Crippen molar-refractivity contribution in [3.63, 3.8) is 0 Å². The van der Waals surface area contributed by atoms with Gasteiger partial charge in [-0.2, -0.15) is 0 Å². The second-order valence-electron chi connectivity index (χ2n) is 5.24. The van der Waals surface area contributed by atoms with Crippen molar-refractivity contribution in [3.8, 4) is 0 Å². The van der Waals surface area contributed by atoms with Gasteiger partial charge in [0.15, 0.2) is 0 Å². The van der Waals surface area contributed by atoms with Crippen molar-refractivity contribution in [3.05, 3.63) is 0 Å². The van der Waals surface area contributed by atoms with Gasteiger partial charge < -0.3 is 15.2 Å². The van der Waals surface area contributed by atoms with E-state index < -0.39 is 0 Å². The van der Waals surface area contributed by atoms with Crippen LogP contribution in [0.5, 0.6) is 0 Å². The minimum absolute atomic E-state index is 0.0111. The van der Waals surface area contributed by atoms with E-state index in [-0.39, 0.29) is 11.7 Å². The number of nitrogens with one attached hydrogen (secondary N) is 1. The third-order valence-electron chi connectivity index (χ3n) is 3.77. The molecule has 0 amide bonds. The maximum absolute atomic E-state index is 9.82. The molecule has 1 heterocycles. The predicted molar refractivity (Wildman–Crippen MR) is 59.9 cm³/mol. The fourth-order valence-electron chi connectivity index (χ4n) is 2.67. The molecule has 0 bridgehead atoms. The van der Waals surface area contributed by atoms with Crippen LogP contribution in [-0.4, -0.2) is 36.0 Å². The largest absolute Gasteiger partial charge is 0.392 e. The summed E-state index contributed by atoms with van der Waals surface area (Å²) in [6.45, 7) is 3.95. The lowest BCUT2D eigenvalue weighted by atomic mass is 9.91. The summed E-state index contributed by atoms with van der Waals surface area (Å²) in [5.41, 5.74) is 0.0111. The summed E-state index contributed by atoms with van der Waals surface area (Å²) in [5, 5.41) is 13.3. The highest BCUT2D eigenvalue weighted by Gasteiger charge is 2.31. The lowest BCUT2D eigenvalue weighted by Gasteiger charge is -2.32. The summed E-state index contributed by atoms with van der Waals surface area (Å²) in [6, 6.07) is 0.291. The van der Waals surface area contributed by atoms with E-state index in [4.69, 9.17) is 4.74 Å². The molecule has 1 saturated carbocycles. The average Bonchev–Trinajstić information content (AvgIpc) is 2.65. The quantitative estimate of drug-likeness (QED) is 0.745. The fraction of sp³-hybridized carbons (Fsp3) is 1.00. The summed E-state index contributed by atoms with van der Waals surface area (Å²) in [7, 11) is 0. The Labute approximate surface area is 92.2 Å². The highest BCUT2D eigenvalue weighted by Crippen LogP contribution is 2.25. The van der Waals surface area contributed by atoms with Crippen molar-refractivity contribution in [2.75, 3.05) is 13.2 Å². The maximum atomic E-state index is 9.82. The van der Waals surface area contributed by atoms with Crippen LogP contribution in [0.15, 0.2) is 0 Å². The van der Waals surface area contributed by atoms with Crippen LogP contribution in [0.1, 0.15) is 45.4 Å². The zero-order valence-electron chi connectivity index (χ0n) is 9.67. The van der Waals surface area contributed by atoms with Gasteiger partial charge in [-0.25, -0.2) is 0 Å². The van der Waals surface area contributed by atoms with Crippen LogP contribution in [0.3, 0.4) is 0 Å². The van der Waals surface area contributed by atoms with Gasteiger partial charge >= 0.3 is 0 Å². The number of hydrogen-bond acceptors (Lipinski definition) is 3. The molecule has 1 aliphatic carbocycles. The number of aliphatic hydroxyl groups is 1. The normalized spacial score (nSPS) is 42.0. The molecule has 2 rings (SSSR count). The average molecular weight is 213 g/mol. The van der Waals surface area contributed by atoms with E-state index in [1.807, 2.05) is 0 Å². The standard InChI is InChI=1S/C12H23NO2/c1-12(7-4-8-15-12)9-13-10-5-2-3-6-11(10)14/h10-11,13-14H,2-9H2,1H3. The predicted octanol–water partition coefficient (Wildman–Crippen LogP) is 1.45. The Morgan fingerprint density at radius 2 is 2.13 bits per heavy atom. The molecule has 2 N–H and O–H groups in total. The molecule has 3 nitrogen and oxygen atoms in total. The Bertz CT molecular complexity index is 202. The summed E-state index contributed by atoms with van der Waals surface area (Å²) >= 11 is 0. The van der Waals surface area contributed by atoms with Crippen LogP contribution < -0.4 is 5.32 Å². The van der Waals surface area contributed by atoms with Gasteiger partial charge in [-0.15, -0.1) is 0 Å². The number of rotatable bonds is 3. The number of aliphatic hydroxyl groups excluding tert-OH is 1. The Morgan fingerprint density at radius 1 is 1.33 bits per heavy atom. The lowest BCUT2D eigenvalue weighted by Crippen LogP contribution is -2.48. The first-order valence-electron chi connectivity index (χ1n) is 6.25. The van der Waals surface area contributed by atoms with Crippen molar-refractivity contribution in [2.45, 2.75) is 63.2 Å². The summed E-state index contributed by atoms with van der Waals surface area (Å²) in [5.74, 6) is 0. The molecule has 2 fully saturated rings. The zero-order chi connectivity index (χ0) is 10.7. The molecule has 88 valence electrons. The van der Waals surface area contributed by atoms with Crippen LogP contribution in [0, 0.1) is 0 Å². The van der Waals surface area contributed by atoms with E-state index >= 15 is 0 Å². The Kier molecular flexibility index (Phi) is 3.65. The van der Waals surface area contributed by atoms with Gasteiger partial charge in [0.05, 0.1) is 11.7 Å². The fourth-order valence-corrected chi connectivity index (χ4v) is 2.67. The molecule has 1 saturated heterocycles. The van der Waals surface area contributed by atoms with E-state index in [0.29, 0.717) is 6.04 Å². The Hall–Kier alpha value is -0.120. The van der Waals surface area contributed by atoms with Gasteiger partial charge in [0.25, 0.3) is 0 Å². The third-order valence-corrected chi connectivity index (χ3v) is 3.77. The topological polar surface area (TPSA) is 41.5 Å². The summed E-state index contributed by atoms with van der Waals surface area (Å²) < 4.78 is 5.72. The highest BCUT2D eigenvalue weighted by molar-refractivity contribution is 4.87. The molecule has 0 aromatic heterocycles. The van der Waals surface area contributed by atoms with Crippen LogP contribution in [0.4, 0.5) is 0 Å². The van der Waals surface area contributed by atoms with E-state index in [0.717, 1.165) is 32.4 Å². The van der Waals surface area contributed by atoms with Gasteiger partial charge in [-0.1, -0.05) is 12.8 Å². The van der Waals surface area contributed by atoms with Gasteiger partial charge in [0.2, 0.25) is 0 Å². The monoisotopic (exact) mass is 213 g/mol. The molecule has 0 spiro atoms. The van der Waals surface area contributed by atoms with Crippen LogP contribution >= 0.6 is 0 Å². The minimum Gasteiger partial charge on any atom is -0.392 e. The summed E-state index contributed by atoms with van der Waals surface area (Å²) in [6.07, 6.45) is 6.64. The van der Waals surface area contributed by atoms with Crippen molar-refractivity contribution in [2.24, 2.45) is 0 Å². The van der Waals surface area contributed by atoms with Gasteiger partial charge in [0, 0.05) is 19.2 Å². The van der Waals surface area contributed by atoms with Crippen LogP contribution in [0.2, 0.25) is 0 Å². The number of hydrogen-bond donors (Lipinski definition) is 2. The highest BCUT2D eigenvalue weighted by atomic mass is 16.5. The van der Waals surface area contributed by atoms with Crippen LogP contribution in [-0.2, 0) is 4.74 Å². The molecule has 1 aliphatic heterocycles. The molecule has 2 aliphatic rings. The molecule has 0 radical (unpaired) electrons. The van der Waals surface area contributed by atoms with Gasteiger partial charge in [-0.3, -0.25) is 0 Å². The van der Waals surface area contributed by atoms with Crippen molar-refractivity contribution in [1.82, 2.24) is 5.32 Å². The van der Waals surface area contributed by atoms with Crippen molar-refractivity contribution < 1.29 is 9.84 Å². The lowest BCUT2D eigenvalue weighted by molar-refractivity contribution is 0.00927. The first-order chi connectivity index (χ1) is 7.20. The smallest absolute Gasteiger partial charge is 0.0779 e. The Morgan fingerprint density at radius 3 is 2.80 bits per heavy atom. The van der Waals surface area contributed by atoms with Crippen molar-refractivity contribution >= 4 is 0 Å². The van der Waals surface area contributed by atoms with Crippen molar-refractivity contribution in [1.29, 1.82) is 0 Å². The minimum atomic E-state index is -0.149. The molecule has 0 aromatic carbocycles. The van der Waals surface area contributed by atoms with E-state index in [2.05, 4.69) is 12.2 Å². The van der Waals surface area contributed by atoms with Gasteiger partial charge in [0.1, 0.15) is 0 Å². The molecule has 3 heteroatoms. The summed E-state index contributed by atoms with van der Waals surface area (Å²) in [4.78, 5) is 0. The first kappa shape index (κ1) is 11.4. The third kappa shape index (κ3) is 2.92.